The van der Waals surface area contributed by atoms with Gasteiger partial charge in [-0.15, -0.1) is 0 Å². The molecule has 0 unspecified atom stereocenters. The number of aromatic carboxylic acids is 1. The van der Waals surface area contributed by atoms with Gasteiger partial charge < -0.3 is 14.4 Å². The van der Waals surface area contributed by atoms with Crippen LogP contribution >= 0.6 is 0 Å². The van der Waals surface area contributed by atoms with Crippen LogP contribution in [0, 0.1) is 0 Å². The van der Waals surface area contributed by atoms with E-state index in [1.807, 2.05) is 18.2 Å². The molecule has 86 valence electrons. The first-order valence-corrected chi connectivity index (χ1v) is 5.21. The summed E-state index contributed by atoms with van der Waals surface area (Å²) in [6, 6.07) is 7.06. The van der Waals surface area contributed by atoms with E-state index in [9.17, 15) is 4.79 Å². The van der Waals surface area contributed by atoms with Gasteiger partial charge in [-0.2, -0.15) is 0 Å². The highest BCUT2D eigenvalue weighted by Crippen LogP contribution is 2.34. The average Bonchev–Trinajstić information content (AvgIpc) is 2.97. The fraction of sp³-hybridized carbons (Fsp3) is 0.167. The van der Waals surface area contributed by atoms with Gasteiger partial charge in [0, 0.05) is 23.6 Å². The van der Waals surface area contributed by atoms with Crippen molar-refractivity contribution in [2.45, 2.75) is 6.42 Å². The van der Waals surface area contributed by atoms with Crippen LogP contribution in [-0.4, -0.2) is 22.8 Å². The number of ether oxygens (including phenoxy) is 1. The summed E-state index contributed by atoms with van der Waals surface area (Å²) in [5.41, 5.74) is 2.46. The highest BCUT2D eigenvalue weighted by atomic mass is 16.5. The van der Waals surface area contributed by atoms with Gasteiger partial charge in [-0.05, 0) is 6.07 Å². The molecule has 0 saturated heterocycles. The zero-order chi connectivity index (χ0) is 11.8. The zero-order valence-electron chi connectivity index (χ0n) is 8.84. The molecule has 0 fully saturated rings. The van der Waals surface area contributed by atoms with Gasteiger partial charge in [0.05, 0.1) is 6.61 Å². The van der Waals surface area contributed by atoms with Gasteiger partial charge in [-0.3, -0.25) is 0 Å². The lowest BCUT2D eigenvalue weighted by atomic mass is 10.0. The van der Waals surface area contributed by atoms with Gasteiger partial charge in [0.25, 0.3) is 0 Å². The van der Waals surface area contributed by atoms with Gasteiger partial charge >= 0.3 is 5.97 Å². The minimum atomic E-state index is -1.12. The molecule has 1 aliphatic rings. The maximum atomic E-state index is 10.7. The molecule has 0 spiro atoms. The summed E-state index contributed by atoms with van der Waals surface area (Å²) in [6.07, 6.45) is 0.806. The SMILES string of the molecule is O=C(O)c1cc(-c2cccc3c2CCO3)no1. The van der Waals surface area contributed by atoms with Crippen LogP contribution < -0.4 is 4.74 Å². The van der Waals surface area contributed by atoms with Crippen LogP contribution in [0.25, 0.3) is 11.3 Å². The van der Waals surface area contributed by atoms with Crippen LogP contribution in [-0.2, 0) is 6.42 Å². The number of aromatic nitrogens is 1. The van der Waals surface area contributed by atoms with Crippen molar-refractivity contribution in [2.75, 3.05) is 6.61 Å². The Hall–Kier alpha value is -2.30. The Kier molecular flexibility index (Phi) is 2.11. The second-order valence-corrected chi connectivity index (χ2v) is 3.76. The normalized spacial score (nSPS) is 13.2. The van der Waals surface area contributed by atoms with Crippen LogP contribution in [0.15, 0.2) is 28.8 Å². The van der Waals surface area contributed by atoms with E-state index in [0.717, 1.165) is 23.3 Å². The van der Waals surface area contributed by atoms with E-state index >= 15 is 0 Å². The monoisotopic (exact) mass is 231 g/mol. The molecule has 0 amide bonds. The average molecular weight is 231 g/mol. The van der Waals surface area contributed by atoms with Crippen molar-refractivity contribution in [2.24, 2.45) is 0 Å². The van der Waals surface area contributed by atoms with Crippen LogP contribution in [0.3, 0.4) is 0 Å². The van der Waals surface area contributed by atoms with Gasteiger partial charge in [0.2, 0.25) is 5.76 Å². The summed E-state index contributed by atoms with van der Waals surface area (Å²) in [7, 11) is 0. The van der Waals surface area contributed by atoms with E-state index in [2.05, 4.69) is 5.16 Å². The van der Waals surface area contributed by atoms with Crippen LogP contribution in [0.2, 0.25) is 0 Å². The van der Waals surface area contributed by atoms with E-state index < -0.39 is 5.97 Å². The van der Waals surface area contributed by atoms with Crippen molar-refractivity contribution in [3.05, 3.63) is 35.6 Å². The molecular weight excluding hydrogens is 222 g/mol. The number of hydrogen-bond acceptors (Lipinski definition) is 4. The molecule has 3 rings (SSSR count). The Labute approximate surface area is 96.6 Å². The maximum absolute atomic E-state index is 10.7. The standard InChI is InChI=1S/C12H9NO4/c14-12(15)11-6-9(13-17-11)7-2-1-3-10-8(7)4-5-16-10/h1-3,6H,4-5H2,(H,14,15). The predicted molar refractivity (Wildman–Crippen MR) is 58.1 cm³/mol. The maximum Gasteiger partial charge on any atom is 0.374 e. The van der Waals surface area contributed by atoms with E-state index in [-0.39, 0.29) is 5.76 Å². The number of carboxylic acid groups (broad SMARTS) is 1. The molecular formula is C12H9NO4. The molecule has 5 heteroatoms. The number of rotatable bonds is 2. The second-order valence-electron chi connectivity index (χ2n) is 3.76. The van der Waals surface area contributed by atoms with Crippen molar-refractivity contribution in [3.8, 4) is 17.0 Å². The van der Waals surface area contributed by atoms with Gasteiger partial charge in [0.15, 0.2) is 0 Å². The molecule has 2 aromatic rings. The molecule has 2 heterocycles. The van der Waals surface area contributed by atoms with E-state index in [4.69, 9.17) is 14.4 Å². The lowest BCUT2D eigenvalue weighted by Crippen LogP contribution is -1.91. The van der Waals surface area contributed by atoms with Gasteiger partial charge in [0.1, 0.15) is 11.4 Å². The summed E-state index contributed by atoms with van der Waals surface area (Å²) in [4.78, 5) is 10.7. The molecule has 5 nitrogen and oxygen atoms in total. The van der Waals surface area contributed by atoms with Gasteiger partial charge in [-0.1, -0.05) is 17.3 Å². The third-order valence-electron chi connectivity index (χ3n) is 2.74. The van der Waals surface area contributed by atoms with Crippen molar-refractivity contribution in [1.29, 1.82) is 0 Å². The summed E-state index contributed by atoms with van der Waals surface area (Å²) in [5, 5.41) is 12.6. The van der Waals surface area contributed by atoms with E-state index in [1.54, 1.807) is 0 Å². The summed E-state index contributed by atoms with van der Waals surface area (Å²) >= 11 is 0. The van der Waals surface area contributed by atoms with Crippen molar-refractivity contribution in [1.82, 2.24) is 5.16 Å². The Bertz CT molecular complexity index is 588. The van der Waals surface area contributed by atoms with Crippen LogP contribution in [0.5, 0.6) is 5.75 Å². The Morgan fingerprint density at radius 1 is 1.41 bits per heavy atom. The highest BCUT2D eigenvalue weighted by molar-refractivity contribution is 5.86. The number of hydrogen-bond donors (Lipinski definition) is 1. The third kappa shape index (κ3) is 1.56. The molecule has 1 N–H and O–H groups in total. The largest absolute Gasteiger partial charge is 0.493 e. The molecule has 0 aliphatic carbocycles. The molecule has 17 heavy (non-hydrogen) atoms. The Morgan fingerprint density at radius 3 is 3.06 bits per heavy atom. The van der Waals surface area contributed by atoms with E-state index in [0.29, 0.717) is 12.3 Å². The fourth-order valence-corrected chi connectivity index (χ4v) is 1.96. The molecule has 0 bridgehead atoms. The topological polar surface area (TPSA) is 72.6 Å². The number of nitrogens with zero attached hydrogens (tertiary/aromatic N) is 1. The van der Waals surface area contributed by atoms with Crippen molar-refractivity contribution < 1.29 is 19.2 Å². The molecule has 1 aliphatic heterocycles. The van der Waals surface area contributed by atoms with Crippen molar-refractivity contribution in [3.63, 3.8) is 0 Å². The molecule has 0 atom stereocenters. The summed E-state index contributed by atoms with van der Waals surface area (Å²) in [6.45, 7) is 0.649. The van der Waals surface area contributed by atoms with E-state index in [1.165, 1.54) is 6.07 Å². The first-order valence-electron chi connectivity index (χ1n) is 5.21. The van der Waals surface area contributed by atoms with Crippen LogP contribution in [0.4, 0.5) is 0 Å². The summed E-state index contributed by atoms with van der Waals surface area (Å²) < 4.78 is 10.2. The highest BCUT2D eigenvalue weighted by Gasteiger charge is 2.20. The summed E-state index contributed by atoms with van der Waals surface area (Å²) in [5.74, 6) is -0.438. The number of carbonyl (C=O) groups is 1. The third-order valence-corrected chi connectivity index (χ3v) is 2.74. The van der Waals surface area contributed by atoms with Gasteiger partial charge in [-0.25, -0.2) is 4.79 Å². The number of fused-ring (bicyclic) bond motifs is 1. The lowest BCUT2D eigenvalue weighted by Gasteiger charge is -2.02. The Balaban J connectivity index is 2.09. The zero-order valence-corrected chi connectivity index (χ0v) is 8.84. The van der Waals surface area contributed by atoms with Crippen molar-refractivity contribution >= 4 is 5.97 Å². The number of carboxylic acids is 1. The van der Waals surface area contributed by atoms with Crippen LogP contribution in [0.1, 0.15) is 16.1 Å². The quantitative estimate of drug-likeness (QED) is 0.855. The minimum Gasteiger partial charge on any atom is -0.493 e. The smallest absolute Gasteiger partial charge is 0.374 e. The first kappa shape index (κ1) is 9.89. The number of benzene rings is 1. The Morgan fingerprint density at radius 2 is 2.29 bits per heavy atom. The first-order chi connectivity index (χ1) is 8.25. The molecule has 1 aromatic carbocycles. The predicted octanol–water partition coefficient (Wildman–Crippen LogP) is 1.97. The molecule has 0 saturated carbocycles. The fourth-order valence-electron chi connectivity index (χ4n) is 1.96. The second kappa shape index (κ2) is 3.62. The molecule has 1 aromatic heterocycles. The minimum absolute atomic E-state index is 0.156. The molecule has 0 radical (unpaired) electrons. The lowest BCUT2D eigenvalue weighted by molar-refractivity contribution is 0.0652.